The van der Waals surface area contributed by atoms with E-state index in [-0.39, 0.29) is 0 Å². The molecule has 0 fully saturated rings. The van der Waals surface area contributed by atoms with Gasteiger partial charge in [-0.2, -0.15) is 0 Å². The lowest BCUT2D eigenvalue weighted by atomic mass is 10.00. The minimum absolute atomic E-state index is 0.486. The normalized spacial score (nSPS) is 25.0. The number of ether oxygens (including phenoxy) is 1. The van der Waals surface area contributed by atoms with Gasteiger partial charge in [0.25, 0.3) is 0 Å². The van der Waals surface area contributed by atoms with Crippen molar-refractivity contribution in [2.45, 2.75) is 12.7 Å². The number of carbonyl (C=O) groups is 1. The Kier molecular flexibility index (Phi) is 2.40. The number of hydrogen-bond acceptors (Lipinski definition) is 3. The van der Waals surface area contributed by atoms with Crippen molar-refractivity contribution in [1.82, 2.24) is 0 Å². The molecule has 0 amide bonds. The molecule has 0 aliphatic carbocycles. The average molecular weight is 269 g/mol. The van der Waals surface area contributed by atoms with Crippen LogP contribution < -0.4 is 0 Å². The third-order valence-corrected chi connectivity index (χ3v) is 2.75. The van der Waals surface area contributed by atoms with Gasteiger partial charge in [-0.1, -0.05) is 28.1 Å². The van der Waals surface area contributed by atoms with E-state index < -0.39 is 11.8 Å². The molecule has 0 radical (unpaired) electrons. The zero-order chi connectivity index (χ0) is 11.1. The van der Waals surface area contributed by atoms with Crippen molar-refractivity contribution in [3.05, 3.63) is 40.4 Å². The summed E-state index contributed by atoms with van der Waals surface area (Å²) in [5.41, 5.74) is 1.26. The first-order valence-electron chi connectivity index (χ1n) is 4.42. The van der Waals surface area contributed by atoms with Crippen molar-refractivity contribution >= 4 is 27.5 Å². The van der Waals surface area contributed by atoms with E-state index in [1.807, 2.05) is 24.3 Å². The van der Waals surface area contributed by atoms with Crippen LogP contribution >= 0.6 is 15.9 Å². The summed E-state index contributed by atoms with van der Waals surface area (Å²) in [7, 11) is 0. The standard InChI is InChI=1S/C11H9BrO3/c1-11(14)9(6-10(13)15-11)7-2-4-8(12)5-3-7/h2-6,14H,1H3. The van der Waals surface area contributed by atoms with Gasteiger partial charge in [0, 0.05) is 23.0 Å². The molecule has 78 valence electrons. The lowest BCUT2D eigenvalue weighted by molar-refractivity contribution is -0.169. The summed E-state index contributed by atoms with van der Waals surface area (Å²) in [6.45, 7) is 1.45. The molecule has 1 aromatic carbocycles. The zero-order valence-electron chi connectivity index (χ0n) is 8.03. The third kappa shape index (κ3) is 1.96. The summed E-state index contributed by atoms with van der Waals surface area (Å²) < 4.78 is 5.70. The number of carbonyl (C=O) groups excluding carboxylic acids is 1. The topological polar surface area (TPSA) is 46.5 Å². The molecule has 0 saturated heterocycles. The molecule has 1 aromatic rings. The maximum atomic E-state index is 11.0. The molecule has 0 bridgehead atoms. The Bertz CT molecular complexity index is 432. The van der Waals surface area contributed by atoms with Crippen LogP contribution in [0.1, 0.15) is 12.5 Å². The fourth-order valence-electron chi connectivity index (χ4n) is 1.51. The fourth-order valence-corrected chi connectivity index (χ4v) is 1.78. The summed E-state index contributed by atoms with van der Waals surface area (Å²) >= 11 is 3.31. The van der Waals surface area contributed by atoms with E-state index in [1.165, 1.54) is 13.0 Å². The molecular formula is C11H9BrO3. The van der Waals surface area contributed by atoms with E-state index in [1.54, 1.807) is 0 Å². The van der Waals surface area contributed by atoms with Gasteiger partial charge in [0.05, 0.1) is 0 Å². The van der Waals surface area contributed by atoms with Gasteiger partial charge in [0.15, 0.2) is 0 Å². The molecule has 1 unspecified atom stereocenters. The van der Waals surface area contributed by atoms with Crippen molar-refractivity contribution < 1.29 is 14.6 Å². The van der Waals surface area contributed by atoms with Crippen LogP contribution in [0.3, 0.4) is 0 Å². The van der Waals surface area contributed by atoms with Crippen molar-refractivity contribution in [3.63, 3.8) is 0 Å². The van der Waals surface area contributed by atoms with Gasteiger partial charge in [-0.3, -0.25) is 0 Å². The van der Waals surface area contributed by atoms with Crippen LogP contribution in [0.15, 0.2) is 34.8 Å². The van der Waals surface area contributed by atoms with Crippen LogP contribution in [0.5, 0.6) is 0 Å². The highest BCUT2D eigenvalue weighted by molar-refractivity contribution is 9.10. The minimum atomic E-state index is -1.52. The third-order valence-electron chi connectivity index (χ3n) is 2.22. The van der Waals surface area contributed by atoms with Crippen LogP contribution in [0.4, 0.5) is 0 Å². The summed E-state index contributed by atoms with van der Waals surface area (Å²) in [6.07, 6.45) is 1.31. The second kappa shape index (κ2) is 3.47. The maximum Gasteiger partial charge on any atom is 0.334 e. The van der Waals surface area contributed by atoms with Gasteiger partial charge >= 0.3 is 5.97 Å². The first kappa shape index (κ1) is 10.4. The maximum absolute atomic E-state index is 11.0. The number of cyclic esters (lactones) is 1. The molecule has 3 nitrogen and oxygen atoms in total. The average Bonchev–Trinajstić information content (AvgIpc) is 2.41. The van der Waals surface area contributed by atoms with Gasteiger partial charge in [0.2, 0.25) is 5.79 Å². The molecule has 0 saturated carbocycles. The van der Waals surface area contributed by atoms with Crippen molar-refractivity contribution in [3.8, 4) is 0 Å². The van der Waals surface area contributed by atoms with E-state index in [0.29, 0.717) is 5.57 Å². The largest absolute Gasteiger partial charge is 0.426 e. The lowest BCUT2D eigenvalue weighted by Crippen LogP contribution is -2.26. The van der Waals surface area contributed by atoms with Crippen molar-refractivity contribution in [1.29, 1.82) is 0 Å². The second-order valence-electron chi connectivity index (χ2n) is 3.47. The van der Waals surface area contributed by atoms with Gasteiger partial charge in [0.1, 0.15) is 0 Å². The summed E-state index contributed by atoms with van der Waals surface area (Å²) in [5, 5.41) is 9.82. The Balaban J connectivity index is 2.43. The van der Waals surface area contributed by atoms with Gasteiger partial charge in [-0.15, -0.1) is 0 Å². The Morgan fingerprint density at radius 2 is 1.93 bits per heavy atom. The van der Waals surface area contributed by atoms with E-state index in [4.69, 9.17) is 4.74 Å². The predicted octanol–water partition coefficient (Wildman–Crippen LogP) is 2.10. The Morgan fingerprint density at radius 3 is 2.40 bits per heavy atom. The quantitative estimate of drug-likeness (QED) is 0.794. The molecule has 1 aliphatic rings. The summed E-state index contributed by atoms with van der Waals surface area (Å²) in [5.74, 6) is -2.04. The number of hydrogen-bond donors (Lipinski definition) is 1. The second-order valence-corrected chi connectivity index (χ2v) is 4.38. The molecule has 1 N–H and O–H groups in total. The number of esters is 1. The summed E-state index contributed by atoms with van der Waals surface area (Å²) in [6, 6.07) is 7.31. The molecule has 4 heteroatoms. The van der Waals surface area contributed by atoms with Crippen molar-refractivity contribution in [2.75, 3.05) is 0 Å². The lowest BCUT2D eigenvalue weighted by Gasteiger charge is -2.19. The number of rotatable bonds is 1. The fraction of sp³-hybridized carbons (Fsp3) is 0.182. The van der Waals surface area contributed by atoms with Crippen LogP contribution in [0.25, 0.3) is 5.57 Å². The molecule has 1 heterocycles. The monoisotopic (exact) mass is 268 g/mol. The number of aliphatic hydroxyl groups is 1. The van der Waals surface area contributed by atoms with Gasteiger partial charge < -0.3 is 9.84 Å². The first-order valence-corrected chi connectivity index (χ1v) is 5.22. The molecule has 15 heavy (non-hydrogen) atoms. The minimum Gasteiger partial charge on any atom is -0.426 e. The Morgan fingerprint density at radius 1 is 1.33 bits per heavy atom. The zero-order valence-corrected chi connectivity index (χ0v) is 9.61. The molecule has 1 atom stereocenters. The van der Waals surface area contributed by atoms with Crippen LogP contribution in [-0.4, -0.2) is 16.9 Å². The van der Waals surface area contributed by atoms with E-state index in [9.17, 15) is 9.90 Å². The van der Waals surface area contributed by atoms with E-state index in [0.717, 1.165) is 10.0 Å². The Hall–Kier alpha value is -1.13. The van der Waals surface area contributed by atoms with Crippen LogP contribution in [0, 0.1) is 0 Å². The van der Waals surface area contributed by atoms with Gasteiger partial charge in [-0.25, -0.2) is 4.79 Å². The predicted molar refractivity (Wildman–Crippen MR) is 58.8 cm³/mol. The first-order chi connectivity index (χ1) is 6.99. The van der Waals surface area contributed by atoms with Gasteiger partial charge in [-0.05, 0) is 17.7 Å². The van der Waals surface area contributed by atoms with Crippen molar-refractivity contribution in [2.24, 2.45) is 0 Å². The highest BCUT2D eigenvalue weighted by Crippen LogP contribution is 2.33. The SMILES string of the molecule is CC1(O)OC(=O)C=C1c1ccc(Br)cc1. The molecule has 1 aliphatic heterocycles. The molecular weight excluding hydrogens is 260 g/mol. The number of halogens is 1. The summed E-state index contributed by atoms with van der Waals surface area (Å²) in [4.78, 5) is 11.0. The smallest absolute Gasteiger partial charge is 0.334 e. The highest BCUT2D eigenvalue weighted by atomic mass is 79.9. The van der Waals surface area contributed by atoms with Crippen LogP contribution in [-0.2, 0) is 9.53 Å². The molecule has 0 aromatic heterocycles. The molecule has 2 rings (SSSR count). The van der Waals surface area contributed by atoms with E-state index in [2.05, 4.69) is 15.9 Å². The van der Waals surface area contributed by atoms with Crippen LogP contribution in [0.2, 0.25) is 0 Å². The Labute approximate surface area is 95.5 Å². The van der Waals surface area contributed by atoms with E-state index >= 15 is 0 Å². The highest BCUT2D eigenvalue weighted by Gasteiger charge is 2.37. The number of benzene rings is 1. The molecule has 0 spiro atoms.